The molecule has 1 atom stereocenters. The van der Waals surface area contributed by atoms with Crippen molar-refractivity contribution in [3.05, 3.63) is 33.0 Å². The Hall–Kier alpha value is -0.450. The number of halogens is 3. The van der Waals surface area contributed by atoms with E-state index in [9.17, 15) is 9.18 Å². The predicted octanol–water partition coefficient (Wildman–Crippen LogP) is 3.41. The summed E-state index contributed by atoms with van der Waals surface area (Å²) in [6.45, 7) is 2.13. The Morgan fingerprint density at radius 2 is 2.25 bits per heavy atom. The summed E-state index contributed by atoms with van der Waals surface area (Å²) in [5, 5.41) is -0.0641. The Kier molecular flexibility index (Phi) is 4.89. The van der Waals surface area contributed by atoms with Crippen LogP contribution in [0.1, 0.15) is 23.7 Å². The van der Waals surface area contributed by atoms with Gasteiger partial charge in [0.25, 0.3) is 0 Å². The lowest BCUT2D eigenvalue weighted by Crippen LogP contribution is -2.17. The predicted molar refractivity (Wildman–Crippen MR) is 66.3 cm³/mol. The Labute approximate surface area is 107 Å². The Morgan fingerprint density at radius 3 is 2.81 bits per heavy atom. The van der Waals surface area contributed by atoms with Gasteiger partial charge in [0.1, 0.15) is 0 Å². The lowest BCUT2D eigenvalue weighted by atomic mass is 9.96. The van der Waals surface area contributed by atoms with E-state index in [1.165, 1.54) is 6.07 Å². The normalized spacial score (nSPS) is 12.6. The number of carbonyl (C=O) groups excluding carboxylic acids is 1. The number of benzene rings is 1. The van der Waals surface area contributed by atoms with Crippen molar-refractivity contribution in [2.45, 2.75) is 13.3 Å². The average molecular weight is 309 g/mol. The Bertz CT molecular complexity index is 411. The van der Waals surface area contributed by atoms with E-state index in [1.807, 2.05) is 0 Å². The minimum absolute atomic E-state index is 0.0224. The Morgan fingerprint density at radius 1 is 1.62 bits per heavy atom. The van der Waals surface area contributed by atoms with Crippen LogP contribution in [0.4, 0.5) is 4.39 Å². The van der Waals surface area contributed by atoms with E-state index in [1.54, 1.807) is 13.0 Å². The zero-order valence-corrected chi connectivity index (χ0v) is 11.1. The maximum Gasteiger partial charge on any atom is 0.168 e. The van der Waals surface area contributed by atoms with Gasteiger partial charge in [0.15, 0.2) is 11.6 Å². The SMILES string of the molecule is CC(CCN)C(=O)c1ccc(Br)c(Cl)c1F. The first kappa shape index (κ1) is 13.6. The van der Waals surface area contributed by atoms with Gasteiger partial charge >= 0.3 is 0 Å². The van der Waals surface area contributed by atoms with Gasteiger partial charge in [-0.05, 0) is 41.0 Å². The second kappa shape index (κ2) is 5.75. The lowest BCUT2D eigenvalue weighted by molar-refractivity contribution is 0.0921. The molecule has 16 heavy (non-hydrogen) atoms. The fourth-order valence-corrected chi connectivity index (χ4v) is 1.83. The summed E-state index contributed by atoms with van der Waals surface area (Å²) in [6.07, 6.45) is 0.534. The first-order valence-corrected chi connectivity index (χ1v) is 6.04. The van der Waals surface area contributed by atoms with Gasteiger partial charge in [-0.1, -0.05) is 18.5 Å². The molecular formula is C11H12BrClFNO. The zero-order chi connectivity index (χ0) is 12.3. The smallest absolute Gasteiger partial charge is 0.168 e. The van der Waals surface area contributed by atoms with Gasteiger partial charge < -0.3 is 5.73 Å². The molecule has 0 radical (unpaired) electrons. The third-order valence-electron chi connectivity index (χ3n) is 2.35. The number of hydrogen-bond donors (Lipinski definition) is 1. The van der Waals surface area contributed by atoms with Crippen molar-refractivity contribution in [2.24, 2.45) is 11.7 Å². The van der Waals surface area contributed by atoms with Crippen molar-refractivity contribution in [1.29, 1.82) is 0 Å². The van der Waals surface area contributed by atoms with Crippen LogP contribution in [-0.2, 0) is 0 Å². The standard InChI is InChI=1S/C11H12BrClFNO/c1-6(4-5-15)11(16)7-2-3-8(12)9(13)10(7)14/h2-3,6H,4-5,15H2,1H3. The van der Waals surface area contributed by atoms with Gasteiger partial charge in [-0.15, -0.1) is 0 Å². The molecule has 1 rings (SSSR count). The number of carbonyl (C=O) groups is 1. The fourth-order valence-electron chi connectivity index (χ4n) is 1.36. The highest BCUT2D eigenvalue weighted by Crippen LogP contribution is 2.28. The quantitative estimate of drug-likeness (QED) is 0.684. The Balaban J connectivity index is 3.05. The van der Waals surface area contributed by atoms with Crippen LogP contribution in [0, 0.1) is 11.7 Å². The van der Waals surface area contributed by atoms with E-state index >= 15 is 0 Å². The van der Waals surface area contributed by atoms with Crippen LogP contribution in [0.2, 0.25) is 5.02 Å². The molecule has 0 aliphatic rings. The molecule has 0 aliphatic heterocycles. The van der Waals surface area contributed by atoms with Gasteiger partial charge in [-0.2, -0.15) is 0 Å². The fraction of sp³-hybridized carbons (Fsp3) is 0.364. The van der Waals surface area contributed by atoms with Crippen molar-refractivity contribution in [3.63, 3.8) is 0 Å². The van der Waals surface area contributed by atoms with Gasteiger partial charge in [0, 0.05) is 10.4 Å². The van der Waals surface area contributed by atoms with E-state index in [0.29, 0.717) is 17.4 Å². The van der Waals surface area contributed by atoms with Gasteiger partial charge in [0.2, 0.25) is 0 Å². The number of nitrogens with two attached hydrogens (primary N) is 1. The van der Waals surface area contributed by atoms with Gasteiger partial charge in [-0.25, -0.2) is 4.39 Å². The first-order chi connectivity index (χ1) is 7.49. The summed E-state index contributed by atoms with van der Waals surface area (Å²) in [6, 6.07) is 2.99. The number of rotatable bonds is 4. The maximum atomic E-state index is 13.7. The highest BCUT2D eigenvalue weighted by molar-refractivity contribution is 9.10. The van der Waals surface area contributed by atoms with Crippen LogP contribution in [0.3, 0.4) is 0 Å². The van der Waals surface area contributed by atoms with E-state index in [-0.39, 0.29) is 22.3 Å². The zero-order valence-electron chi connectivity index (χ0n) is 8.77. The highest BCUT2D eigenvalue weighted by Gasteiger charge is 2.20. The van der Waals surface area contributed by atoms with Gasteiger partial charge in [0.05, 0.1) is 10.6 Å². The largest absolute Gasteiger partial charge is 0.330 e. The van der Waals surface area contributed by atoms with Crippen molar-refractivity contribution in [3.8, 4) is 0 Å². The van der Waals surface area contributed by atoms with Crippen LogP contribution in [0.5, 0.6) is 0 Å². The van der Waals surface area contributed by atoms with Crippen molar-refractivity contribution < 1.29 is 9.18 Å². The van der Waals surface area contributed by atoms with Crippen LogP contribution in [0.25, 0.3) is 0 Å². The number of hydrogen-bond acceptors (Lipinski definition) is 2. The molecule has 2 N–H and O–H groups in total. The third kappa shape index (κ3) is 2.81. The molecule has 0 saturated carbocycles. The molecule has 1 unspecified atom stereocenters. The second-order valence-corrected chi connectivity index (χ2v) is 4.80. The van der Waals surface area contributed by atoms with Crippen molar-refractivity contribution in [2.75, 3.05) is 6.54 Å². The van der Waals surface area contributed by atoms with Crippen molar-refractivity contribution in [1.82, 2.24) is 0 Å². The van der Waals surface area contributed by atoms with E-state index < -0.39 is 5.82 Å². The summed E-state index contributed by atoms with van der Waals surface area (Å²) >= 11 is 8.80. The monoisotopic (exact) mass is 307 g/mol. The van der Waals surface area contributed by atoms with Crippen LogP contribution in [-0.4, -0.2) is 12.3 Å². The topological polar surface area (TPSA) is 43.1 Å². The average Bonchev–Trinajstić information content (AvgIpc) is 2.26. The molecule has 0 bridgehead atoms. The summed E-state index contributed by atoms with van der Waals surface area (Å²) in [7, 11) is 0. The molecule has 0 aromatic heterocycles. The van der Waals surface area contributed by atoms with E-state index in [2.05, 4.69) is 15.9 Å². The summed E-state index contributed by atoms with van der Waals surface area (Å²) in [5.74, 6) is -1.24. The molecule has 0 saturated heterocycles. The lowest BCUT2D eigenvalue weighted by Gasteiger charge is -2.10. The van der Waals surface area contributed by atoms with Crippen LogP contribution in [0.15, 0.2) is 16.6 Å². The van der Waals surface area contributed by atoms with E-state index in [4.69, 9.17) is 17.3 Å². The second-order valence-electron chi connectivity index (χ2n) is 3.57. The third-order valence-corrected chi connectivity index (χ3v) is 3.61. The molecule has 1 aromatic rings. The molecule has 0 fully saturated rings. The number of ketones is 1. The number of Topliss-reactive ketones (excluding diaryl/α,β-unsaturated/α-hetero) is 1. The van der Waals surface area contributed by atoms with Crippen LogP contribution >= 0.6 is 27.5 Å². The molecular weight excluding hydrogens is 296 g/mol. The highest BCUT2D eigenvalue weighted by atomic mass is 79.9. The molecule has 2 nitrogen and oxygen atoms in total. The molecule has 1 aromatic carbocycles. The minimum Gasteiger partial charge on any atom is -0.330 e. The van der Waals surface area contributed by atoms with Gasteiger partial charge in [-0.3, -0.25) is 4.79 Å². The minimum atomic E-state index is -0.676. The molecule has 0 amide bonds. The molecule has 0 heterocycles. The molecule has 0 spiro atoms. The van der Waals surface area contributed by atoms with Crippen molar-refractivity contribution >= 4 is 33.3 Å². The first-order valence-electron chi connectivity index (χ1n) is 4.86. The summed E-state index contributed by atoms with van der Waals surface area (Å²) in [5.41, 5.74) is 5.38. The van der Waals surface area contributed by atoms with Crippen LogP contribution < -0.4 is 5.73 Å². The molecule has 5 heteroatoms. The molecule has 0 aliphatic carbocycles. The van der Waals surface area contributed by atoms with E-state index in [0.717, 1.165) is 0 Å². The summed E-state index contributed by atoms with van der Waals surface area (Å²) in [4.78, 5) is 11.8. The molecule has 88 valence electrons. The maximum absolute atomic E-state index is 13.7. The summed E-state index contributed by atoms with van der Waals surface area (Å²) < 4.78 is 14.1.